The monoisotopic (exact) mass is 464 g/mol. The van der Waals surface area contributed by atoms with Gasteiger partial charge in [-0.25, -0.2) is 4.57 Å². The Labute approximate surface area is 192 Å². The van der Waals surface area contributed by atoms with Crippen molar-refractivity contribution in [2.45, 2.75) is 45.3 Å². The molecule has 0 radical (unpaired) electrons. The number of anilines is 1. The summed E-state index contributed by atoms with van der Waals surface area (Å²) in [5.41, 5.74) is 1.64. The Balaban J connectivity index is 0.00000256. The van der Waals surface area contributed by atoms with Gasteiger partial charge in [0.1, 0.15) is 6.54 Å². The van der Waals surface area contributed by atoms with E-state index in [1.54, 1.807) is 24.3 Å². The van der Waals surface area contributed by atoms with Gasteiger partial charge in [0.2, 0.25) is 5.82 Å². The zero-order chi connectivity index (χ0) is 20.2. The molecule has 3 aromatic rings. The summed E-state index contributed by atoms with van der Waals surface area (Å²) in [5, 5.41) is 9.54. The molecule has 0 bridgehead atoms. The lowest BCUT2D eigenvalue weighted by Gasteiger charge is -2.04. The number of fused-ring (bicyclic) bond motifs is 1. The van der Waals surface area contributed by atoms with Crippen LogP contribution in [0.2, 0.25) is 10.0 Å². The van der Waals surface area contributed by atoms with Gasteiger partial charge in [-0.1, -0.05) is 23.2 Å². The molecule has 5 nitrogen and oxygen atoms in total. The van der Waals surface area contributed by atoms with Crippen molar-refractivity contribution in [3.05, 3.63) is 75.8 Å². The number of hydrogen-bond donors (Lipinski definition) is 1. The molecule has 4 rings (SSSR count). The molecule has 30 heavy (non-hydrogen) atoms. The van der Waals surface area contributed by atoms with Crippen molar-refractivity contribution in [3.63, 3.8) is 0 Å². The second-order valence-corrected chi connectivity index (χ2v) is 8.12. The van der Waals surface area contributed by atoms with Crippen LogP contribution < -0.4 is 22.3 Å². The maximum absolute atomic E-state index is 12.8. The minimum atomic E-state index is 0. The molecule has 1 aromatic heterocycles. The van der Waals surface area contributed by atoms with Crippen molar-refractivity contribution in [3.8, 4) is 0 Å². The first kappa shape index (κ1) is 22.6. The molecule has 2 heterocycles. The van der Waals surface area contributed by atoms with Crippen LogP contribution in [0.5, 0.6) is 0 Å². The van der Waals surface area contributed by atoms with E-state index < -0.39 is 0 Å². The molecule has 0 saturated carbocycles. The summed E-state index contributed by atoms with van der Waals surface area (Å²) < 4.78 is 4.15. The quantitative estimate of drug-likeness (QED) is 0.445. The number of Topliss-reactive ketones (excluding diaryl/α,β-unsaturated/α-hetero) is 1. The number of benzene rings is 2. The van der Waals surface area contributed by atoms with Crippen LogP contribution in [0.4, 0.5) is 5.69 Å². The number of hydrogen-bond acceptors (Lipinski definition) is 3. The minimum Gasteiger partial charge on any atom is -1.00 e. The van der Waals surface area contributed by atoms with Crippen molar-refractivity contribution in [2.75, 3.05) is 5.32 Å². The predicted octanol–water partition coefficient (Wildman–Crippen LogP) is 1.70. The standard InChI is InChI=1S/C22H23Cl2N4O.ClH/c23-17-7-5-16(6-8-17)20(29)15-28-22-4-2-1-3-13-27(22)21(26-28)14-25-19-11-9-18(24)10-12-19;/h5-12,25H,1-4,13-15H2;1H/q+1;/p-1. The number of ketones is 1. The fourth-order valence-electron chi connectivity index (χ4n) is 3.66. The molecule has 0 unspecified atom stereocenters. The smallest absolute Gasteiger partial charge is 0.296 e. The van der Waals surface area contributed by atoms with E-state index in [2.05, 4.69) is 9.88 Å². The third kappa shape index (κ3) is 5.34. The van der Waals surface area contributed by atoms with Gasteiger partial charge in [0.15, 0.2) is 12.3 Å². The van der Waals surface area contributed by atoms with Crippen LogP contribution in [-0.2, 0) is 26.1 Å². The Morgan fingerprint density at radius 1 is 1.00 bits per heavy atom. The molecule has 1 N–H and O–H groups in total. The van der Waals surface area contributed by atoms with Crippen LogP contribution in [0, 0.1) is 0 Å². The van der Waals surface area contributed by atoms with Crippen LogP contribution in [0.15, 0.2) is 48.5 Å². The highest BCUT2D eigenvalue weighted by atomic mass is 35.5. The maximum atomic E-state index is 12.8. The summed E-state index contributed by atoms with van der Waals surface area (Å²) in [6.45, 7) is 1.76. The van der Waals surface area contributed by atoms with Gasteiger partial charge in [-0.15, -0.1) is 4.68 Å². The van der Waals surface area contributed by atoms with E-state index >= 15 is 0 Å². The Morgan fingerprint density at radius 3 is 2.37 bits per heavy atom. The molecule has 1 aliphatic heterocycles. The first-order valence-corrected chi connectivity index (χ1v) is 10.6. The highest BCUT2D eigenvalue weighted by Gasteiger charge is 2.28. The average molecular weight is 466 g/mol. The summed E-state index contributed by atoms with van der Waals surface area (Å²) in [5.74, 6) is 2.10. The maximum Gasteiger partial charge on any atom is 0.296 e. The lowest BCUT2D eigenvalue weighted by molar-refractivity contribution is -0.710. The number of rotatable bonds is 6. The molecule has 0 aliphatic carbocycles. The van der Waals surface area contributed by atoms with E-state index in [1.807, 2.05) is 28.9 Å². The number of carbonyl (C=O) groups is 1. The van der Waals surface area contributed by atoms with Crippen molar-refractivity contribution < 1.29 is 21.8 Å². The summed E-state index contributed by atoms with van der Waals surface area (Å²) >= 11 is 11.9. The number of halogens is 3. The Bertz CT molecular complexity index is 1000. The molecular formula is C22H23Cl3N4O. The first-order chi connectivity index (χ1) is 14.1. The van der Waals surface area contributed by atoms with E-state index in [0.29, 0.717) is 22.2 Å². The van der Waals surface area contributed by atoms with Gasteiger partial charge in [-0.3, -0.25) is 4.79 Å². The van der Waals surface area contributed by atoms with E-state index in [4.69, 9.17) is 28.3 Å². The van der Waals surface area contributed by atoms with Crippen molar-refractivity contribution in [1.82, 2.24) is 9.78 Å². The van der Waals surface area contributed by atoms with Gasteiger partial charge in [0, 0.05) is 32.8 Å². The van der Waals surface area contributed by atoms with Gasteiger partial charge in [0.25, 0.3) is 5.82 Å². The van der Waals surface area contributed by atoms with Crippen LogP contribution in [0.1, 0.15) is 41.3 Å². The Morgan fingerprint density at radius 2 is 1.67 bits per heavy atom. The second-order valence-electron chi connectivity index (χ2n) is 7.24. The van der Waals surface area contributed by atoms with E-state index in [1.165, 1.54) is 6.42 Å². The predicted molar refractivity (Wildman–Crippen MR) is 115 cm³/mol. The molecule has 0 atom stereocenters. The Kier molecular flexibility index (Phi) is 7.75. The third-order valence-corrected chi connectivity index (χ3v) is 5.70. The lowest BCUT2D eigenvalue weighted by atomic mass is 10.1. The van der Waals surface area contributed by atoms with Gasteiger partial charge >= 0.3 is 0 Å². The minimum absolute atomic E-state index is 0. The second kappa shape index (κ2) is 10.3. The fraction of sp³-hybridized carbons (Fsp3) is 0.318. The highest BCUT2D eigenvalue weighted by molar-refractivity contribution is 6.30. The molecule has 1 aliphatic rings. The molecule has 2 aromatic carbocycles. The molecular weight excluding hydrogens is 443 g/mol. The molecule has 0 saturated heterocycles. The van der Waals surface area contributed by atoms with Crippen LogP contribution in [-0.4, -0.2) is 15.6 Å². The molecule has 0 amide bonds. The summed E-state index contributed by atoms with van der Waals surface area (Å²) in [6, 6.07) is 14.6. The summed E-state index contributed by atoms with van der Waals surface area (Å²) in [7, 11) is 0. The van der Waals surface area contributed by atoms with Crippen molar-refractivity contribution >= 4 is 34.7 Å². The van der Waals surface area contributed by atoms with E-state index in [9.17, 15) is 4.79 Å². The number of aromatic nitrogens is 3. The average Bonchev–Trinajstić information content (AvgIpc) is 2.89. The fourth-order valence-corrected chi connectivity index (χ4v) is 3.91. The SMILES string of the molecule is O=C(Cn1nc(CNc2ccc(Cl)cc2)[n+]2c1CCCCC2)c1ccc(Cl)cc1.[Cl-]. The zero-order valence-electron chi connectivity index (χ0n) is 16.5. The number of nitrogens with one attached hydrogen (secondary N) is 1. The topological polar surface area (TPSA) is 50.8 Å². The van der Waals surface area contributed by atoms with Crippen LogP contribution in [0.3, 0.4) is 0 Å². The first-order valence-electron chi connectivity index (χ1n) is 9.87. The third-order valence-electron chi connectivity index (χ3n) is 5.19. The lowest BCUT2D eigenvalue weighted by Crippen LogP contribution is -3.00. The van der Waals surface area contributed by atoms with Crippen molar-refractivity contribution in [1.29, 1.82) is 0 Å². The molecule has 0 spiro atoms. The molecule has 0 fully saturated rings. The number of carbonyl (C=O) groups excluding carboxylic acids is 1. The highest BCUT2D eigenvalue weighted by Crippen LogP contribution is 2.16. The van der Waals surface area contributed by atoms with Gasteiger partial charge in [-0.2, -0.15) is 0 Å². The van der Waals surface area contributed by atoms with E-state index in [-0.39, 0.29) is 24.7 Å². The van der Waals surface area contributed by atoms with Gasteiger partial charge in [0.05, 0.1) is 6.54 Å². The van der Waals surface area contributed by atoms with Crippen molar-refractivity contribution in [2.24, 2.45) is 0 Å². The molecule has 158 valence electrons. The zero-order valence-corrected chi connectivity index (χ0v) is 18.7. The summed E-state index contributed by atoms with van der Waals surface area (Å²) in [4.78, 5) is 12.8. The summed E-state index contributed by atoms with van der Waals surface area (Å²) in [6.07, 6.45) is 4.37. The van der Waals surface area contributed by atoms with Gasteiger partial charge in [-0.05, 0) is 67.8 Å². The molecule has 8 heteroatoms. The largest absolute Gasteiger partial charge is 1.00 e. The number of nitrogens with zero attached hydrogens (tertiary/aromatic N) is 3. The van der Waals surface area contributed by atoms with Gasteiger partial charge < -0.3 is 17.7 Å². The normalized spacial score (nSPS) is 13.1. The van der Waals surface area contributed by atoms with Crippen LogP contribution >= 0.6 is 23.2 Å². The van der Waals surface area contributed by atoms with E-state index in [0.717, 1.165) is 43.1 Å². The Hall–Kier alpha value is -2.08. The van der Waals surface area contributed by atoms with Crippen LogP contribution in [0.25, 0.3) is 0 Å².